The number of hydrogen-bond donors (Lipinski definition) is 2. The van der Waals surface area contributed by atoms with E-state index >= 15 is 0 Å². The van der Waals surface area contributed by atoms with Crippen LogP contribution in [0.2, 0.25) is 0 Å². The predicted molar refractivity (Wildman–Crippen MR) is 166 cm³/mol. The summed E-state index contributed by atoms with van der Waals surface area (Å²) in [6.45, 7) is 2.06. The number of nitrogens with zero attached hydrogens (tertiary/aromatic N) is 4. The normalized spacial score (nSPS) is 12.7. The molecule has 0 radical (unpaired) electrons. The lowest BCUT2D eigenvalue weighted by Crippen LogP contribution is -2.36. The molecule has 39 heavy (non-hydrogen) atoms. The zero-order valence-electron chi connectivity index (χ0n) is 22.7. The third-order valence-corrected chi connectivity index (χ3v) is 7.38. The van der Waals surface area contributed by atoms with Gasteiger partial charge in [0, 0.05) is 42.0 Å². The van der Waals surface area contributed by atoms with Crippen molar-refractivity contribution in [1.29, 1.82) is 0 Å². The Hall–Kier alpha value is -1.17. The molecule has 2 rings (SSSR count). The van der Waals surface area contributed by atoms with Crippen molar-refractivity contribution in [3.8, 4) is 0 Å². The van der Waals surface area contributed by atoms with E-state index in [0.717, 1.165) is 53.6 Å². The van der Waals surface area contributed by atoms with Crippen molar-refractivity contribution >= 4 is 75.9 Å². The average molecular weight is 733 g/mol. The fourth-order valence-corrected chi connectivity index (χ4v) is 5.27. The van der Waals surface area contributed by atoms with Gasteiger partial charge >= 0.3 is 0 Å². The summed E-state index contributed by atoms with van der Waals surface area (Å²) < 4.78 is 37.9. The van der Waals surface area contributed by atoms with Gasteiger partial charge in [-0.2, -0.15) is 0 Å². The van der Waals surface area contributed by atoms with Gasteiger partial charge < -0.3 is 28.5 Å². The maximum absolute atomic E-state index is 9.03. The molecule has 0 atom stereocenters. The van der Waals surface area contributed by atoms with E-state index in [1.807, 2.05) is 48.5 Å². The van der Waals surface area contributed by atoms with Crippen LogP contribution in [0.15, 0.2) is 67.8 Å². The second-order valence-electron chi connectivity index (χ2n) is 9.96. The average Bonchev–Trinajstić information content (AvgIpc) is 2.79. The van der Waals surface area contributed by atoms with Crippen LogP contribution in [0.3, 0.4) is 0 Å². The molecule has 0 aliphatic carbocycles. The number of halogens is 2. The quantitative estimate of drug-likeness (QED) is 0.0756. The summed E-state index contributed by atoms with van der Waals surface area (Å²) in [7, 11) is 7.73. The van der Waals surface area contributed by atoms with Gasteiger partial charge in [-0.3, -0.25) is 8.42 Å². The molecule has 0 bridgehead atoms. The largest absolute Gasteiger partial charge is 0.759 e. The molecule has 10 nitrogen and oxygen atoms in total. The fourth-order valence-electron chi connectivity index (χ4n) is 2.36. The van der Waals surface area contributed by atoms with Gasteiger partial charge in [0.15, 0.2) is 0 Å². The Morgan fingerprint density at radius 2 is 0.974 bits per heavy atom. The molecule has 2 N–H and O–H groups in total. The van der Waals surface area contributed by atoms with E-state index in [1.54, 1.807) is 23.5 Å². The van der Waals surface area contributed by atoms with Crippen molar-refractivity contribution in [3.63, 3.8) is 0 Å². The Balaban J connectivity index is 0.000000632. The van der Waals surface area contributed by atoms with Crippen LogP contribution in [0, 0.1) is 0 Å². The standard InChI is InChI=1S/2C12H17BrN2OS.H2O4S/c2*1-15(2,3)8-9-17-12(14-16)10-4-6-11(13)7-5-10;1-5(2,3)4/h2*4-7H,8-9H2,1-3H3;(H2,1,2,3,4)/b2*14-12+;. The van der Waals surface area contributed by atoms with Crippen molar-refractivity contribution in [1.82, 2.24) is 0 Å². The topological polar surface area (TPSA) is 145 Å². The van der Waals surface area contributed by atoms with Crippen molar-refractivity contribution in [2.24, 2.45) is 10.3 Å². The van der Waals surface area contributed by atoms with Crippen LogP contribution in [-0.2, 0) is 10.4 Å². The molecule has 2 aromatic carbocycles. The van der Waals surface area contributed by atoms with Gasteiger partial charge in [-0.1, -0.05) is 90.0 Å². The first-order chi connectivity index (χ1) is 17.8. The second kappa shape index (κ2) is 18.3. The van der Waals surface area contributed by atoms with Gasteiger partial charge in [0.1, 0.15) is 10.1 Å². The summed E-state index contributed by atoms with van der Waals surface area (Å²) in [6.07, 6.45) is 0. The number of oxime groups is 2. The van der Waals surface area contributed by atoms with E-state index in [-0.39, 0.29) is 0 Å². The van der Waals surface area contributed by atoms with E-state index < -0.39 is 10.4 Å². The smallest absolute Gasteiger partial charge is 0.143 e. The third-order valence-electron chi connectivity index (χ3n) is 4.37. The highest BCUT2D eigenvalue weighted by Crippen LogP contribution is 2.18. The zero-order chi connectivity index (χ0) is 30.3. The van der Waals surface area contributed by atoms with Gasteiger partial charge in [0.25, 0.3) is 0 Å². The molecule has 220 valence electrons. The lowest BCUT2D eigenvalue weighted by atomic mass is 10.2. The minimum absolute atomic E-state index is 0.672. The van der Waals surface area contributed by atoms with Gasteiger partial charge in [-0.05, 0) is 24.3 Å². The maximum Gasteiger partial charge on any atom is 0.143 e. The molecule has 2 aromatic rings. The first-order valence-electron chi connectivity index (χ1n) is 11.3. The number of benzene rings is 2. The van der Waals surface area contributed by atoms with Crippen LogP contribution >= 0.6 is 55.4 Å². The van der Waals surface area contributed by atoms with Crippen LogP contribution in [0.25, 0.3) is 0 Å². The first-order valence-corrected chi connectivity index (χ1v) is 16.2. The third kappa shape index (κ3) is 22.2. The number of rotatable bonds is 8. The van der Waals surface area contributed by atoms with Crippen molar-refractivity contribution in [2.45, 2.75) is 0 Å². The summed E-state index contributed by atoms with van der Waals surface area (Å²) in [5.41, 5.74) is 1.89. The van der Waals surface area contributed by atoms with Gasteiger partial charge in [0.2, 0.25) is 0 Å². The molecule has 0 fully saturated rings. The lowest BCUT2D eigenvalue weighted by Gasteiger charge is -2.23. The fraction of sp³-hybridized carbons (Fsp3) is 0.417. The minimum atomic E-state index is -5.17. The van der Waals surface area contributed by atoms with E-state index in [9.17, 15) is 0 Å². The minimum Gasteiger partial charge on any atom is -0.759 e. The first kappa shape index (κ1) is 37.8. The predicted octanol–water partition coefficient (Wildman–Crippen LogP) is 4.71. The summed E-state index contributed by atoms with van der Waals surface area (Å²) >= 11 is 9.92. The number of quaternary nitrogens is 2. The number of hydrogen-bond acceptors (Lipinski definition) is 10. The van der Waals surface area contributed by atoms with E-state index in [4.69, 9.17) is 27.9 Å². The molecular formula is C24H36Br2N4O6S3. The molecule has 0 aliphatic heterocycles. The molecule has 0 unspecified atom stereocenters. The molecule has 0 spiro atoms. The molecule has 0 heterocycles. The van der Waals surface area contributed by atoms with Crippen LogP contribution in [0.1, 0.15) is 11.1 Å². The Morgan fingerprint density at radius 1 is 0.718 bits per heavy atom. The monoisotopic (exact) mass is 730 g/mol. The molecule has 0 amide bonds. The Bertz CT molecular complexity index is 1060. The maximum atomic E-state index is 9.03. The number of thioether (sulfide) groups is 2. The second-order valence-corrected chi connectivity index (χ2v) is 14.8. The molecule has 0 saturated heterocycles. The summed E-state index contributed by atoms with van der Waals surface area (Å²) in [5.74, 6) is 1.86. The highest BCUT2D eigenvalue weighted by molar-refractivity contribution is 9.10. The molecule has 0 saturated carbocycles. The van der Waals surface area contributed by atoms with Crippen molar-refractivity contribution in [2.75, 3.05) is 66.9 Å². The zero-order valence-corrected chi connectivity index (χ0v) is 28.4. The molecule has 0 aliphatic rings. The highest BCUT2D eigenvalue weighted by atomic mass is 79.9. The summed E-state index contributed by atoms with van der Waals surface area (Å²) in [6, 6.07) is 15.6. The van der Waals surface area contributed by atoms with Gasteiger partial charge in [0.05, 0.1) is 55.4 Å². The molecular weight excluding hydrogens is 696 g/mol. The Morgan fingerprint density at radius 3 is 1.18 bits per heavy atom. The van der Waals surface area contributed by atoms with Gasteiger partial charge in [-0.25, -0.2) is 0 Å². The van der Waals surface area contributed by atoms with Crippen molar-refractivity contribution < 1.29 is 36.9 Å². The van der Waals surface area contributed by atoms with Crippen LogP contribution in [-0.4, -0.2) is 114 Å². The highest BCUT2D eigenvalue weighted by Gasteiger charge is 2.11. The van der Waals surface area contributed by atoms with Crippen LogP contribution in [0.4, 0.5) is 0 Å². The van der Waals surface area contributed by atoms with Crippen LogP contribution < -0.4 is 0 Å². The Labute approximate surface area is 257 Å². The van der Waals surface area contributed by atoms with E-state index in [0.29, 0.717) is 10.1 Å². The van der Waals surface area contributed by atoms with Crippen molar-refractivity contribution in [3.05, 3.63) is 68.6 Å². The van der Waals surface area contributed by atoms with Crippen LogP contribution in [0.5, 0.6) is 0 Å². The summed E-state index contributed by atoms with van der Waals surface area (Å²) in [5, 5.41) is 26.1. The molecule has 15 heteroatoms. The lowest BCUT2D eigenvalue weighted by molar-refractivity contribution is -0.867. The molecule has 0 aromatic heterocycles. The van der Waals surface area contributed by atoms with Gasteiger partial charge in [-0.15, -0.1) is 0 Å². The van der Waals surface area contributed by atoms with E-state index in [1.165, 1.54) is 0 Å². The summed E-state index contributed by atoms with van der Waals surface area (Å²) in [4.78, 5) is 0. The van der Waals surface area contributed by atoms with E-state index in [2.05, 4.69) is 84.5 Å². The SMILES string of the molecule is C[N+](C)(C)CCS/C(=N/O)c1ccc(Br)cc1.C[N+](C)(C)CCS/C(=N/O)c1ccc(Br)cc1.O=S(=O)([O-])[O-]. The Kier molecular flexibility index (Phi) is 17.8.